The first kappa shape index (κ1) is 14.2. The van der Waals surface area contributed by atoms with Crippen LogP contribution < -0.4 is 5.73 Å². The zero-order valence-electron chi connectivity index (χ0n) is 11.6. The second-order valence-corrected chi connectivity index (χ2v) is 6.08. The number of fused-ring (bicyclic) bond motifs is 1. The number of rotatable bonds is 2. The van der Waals surface area contributed by atoms with Crippen LogP contribution in [0.15, 0.2) is 59.1 Å². The van der Waals surface area contributed by atoms with E-state index in [0.29, 0.717) is 5.56 Å². The fraction of sp³-hybridized carbons (Fsp3) is 0.111. The van der Waals surface area contributed by atoms with Gasteiger partial charge >= 0.3 is 0 Å². The largest absolute Gasteiger partial charge is 0.320 e. The molecule has 1 nitrogen and oxygen atoms in total. The van der Waals surface area contributed by atoms with E-state index in [2.05, 4.69) is 22.0 Å². The Hall–Kier alpha value is -1.71. The molecule has 21 heavy (non-hydrogen) atoms. The van der Waals surface area contributed by atoms with E-state index in [0.717, 1.165) is 26.4 Å². The zero-order chi connectivity index (χ0) is 15.0. The number of benzene rings is 3. The fourth-order valence-electron chi connectivity index (χ4n) is 2.73. The topological polar surface area (TPSA) is 26.0 Å². The summed E-state index contributed by atoms with van der Waals surface area (Å²) in [5.41, 5.74) is 8.94. The van der Waals surface area contributed by atoms with Crippen molar-refractivity contribution in [3.63, 3.8) is 0 Å². The molecule has 106 valence electrons. The molecule has 2 N–H and O–H groups in total. The predicted molar refractivity (Wildman–Crippen MR) is 88.8 cm³/mol. The van der Waals surface area contributed by atoms with Crippen LogP contribution in [-0.2, 0) is 0 Å². The SMILES string of the molecule is Cc1ccc2ccccc2c1C(N)c1cc(Br)ccc1F. The van der Waals surface area contributed by atoms with Crippen molar-refractivity contribution in [2.45, 2.75) is 13.0 Å². The Balaban J connectivity index is 2.24. The number of hydrogen-bond donors (Lipinski definition) is 1. The molecule has 3 rings (SSSR count). The maximum absolute atomic E-state index is 14.1. The maximum atomic E-state index is 14.1. The van der Waals surface area contributed by atoms with Crippen LogP contribution in [-0.4, -0.2) is 0 Å². The number of halogens is 2. The highest BCUT2D eigenvalue weighted by Crippen LogP contribution is 2.32. The maximum Gasteiger partial charge on any atom is 0.128 e. The number of aryl methyl sites for hydroxylation is 1. The average molecular weight is 344 g/mol. The molecule has 0 spiro atoms. The summed E-state index contributed by atoms with van der Waals surface area (Å²) in [5.74, 6) is -0.280. The Morgan fingerprint density at radius 1 is 1.05 bits per heavy atom. The lowest BCUT2D eigenvalue weighted by molar-refractivity contribution is 0.599. The summed E-state index contributed by atoms with van der Waals surface area (Å²) in [7, 11) is 0. The van der Waals surface area contributed by atoms with E-state index in [1.807, 2.05) is 37.3 Å². The van der Waals surface area contributed by atoms with Gasteiger partial charge in [0.25, 0.3) is 0 Å². The van der Waals surface area contributed by atoms with Crippen molar-refractivity contribution in [3.8, 4) is 0 Å². The molecule has 0 amide bonds. The van der Waals surface area contributed by atoms with Gasteiger partial charge < -0.3 is 5.73 Å². The molecule has 0 aliphatic heterocycles. The Bertz CT molecular complexity index is 813. The predicted octanol–water partition coefficient (Wildman–Crippen LogP) is 5.10. The van der Waals surface area contributed by atoms with Crippen molar-refractivity contribution >= 4 is 26.7 Å². The molecule has 0 heterocycles. The smallest absolute Gasteiger partial charge is 0.128 e. The van der Waals surface area contributed by atoms with Crippen LogP contribution in [0.2, 0.25) is 0 Å². The third-order valence-corrected chi connectivity index (χ3v) is 4.29. The second kappa shape index (κ2) is 5.58. The van der Waals surface area contributed by atoms with Gasteiger partial charge in [0, 0.05) is 10.0 Å². The summed E-state index contributed by atoms with van der Waals surface area (Å²) < 4.78 is 15.0. The van der Waals surface area contributed by atoms with Crippen LogP contribution in [0.1, 0.15) is 22.7 Å². The van der Waals surface area contributed by atoms with Crippen LogP contribution in [0.3, 0.4) is 0 Å². The first-order chi connectivity index (χ1) is 10.1. The van der Waals surface area contributed by atoms with E-state index in [-0.39, 0.29) is 5.82 Å². The molecular weight excluding hydrogens is 329 g/mol. The molecule has 0 fully saturated rings. The van der Waals surface area contributed by atoms with E-state index in [4.69, 9.17) is 5.73 Å². The summed E-state index contributed by atoms with van der Waals surface area (Å²) in [6.07, 6.45) is 0. The van der Waals surface area contributed by atoms with Crippen LogP contribution in [0.5, 0.6) is 0 Å². The minimum Gasteiger partial charge on any atom is -0.320 e. The van der Waals surface area contributed by atoms with Gasteiger partial charge in [-0.3, -0.25) is 0 Å². The molecule has 1 atom stereocenters. The Kier molecular flexibility index (Phi) is 3.79. The van der Waals surface area contributed by atoms with Crippen molar-refractivity contribution in [2.24, 2.45) is 5.73 Å². The lowest BCUT2D eigenvalue weighted by atomic mass is 9.90. The molecule has 0 radical (unpaired) electrons. The van der Waals surface area contributed by atoms with Crippen LogP contribution in [0.4, 0.5) is 4.39 Å². The highest BCUT2D eigenvalue weighted by Gasteiger charge is 2.18. The van der Waals surface area contributed by atoms with Gasteiger partial charge in [0.15, 0.2) is 0 Å². The van der Waals surface area contributed by atoms with Gasteiger partial charge in [-0.05, 0) is 47.0 Å². The second-order valence-electron chi connectivity index (χ2n) is 5.16. The Morgan fingerprint density at radius 3 is 2.62 bits per heavy atom. The van der Waals surface area contributed by atoms with E-state index in [1.54, 1.807) is 12.1 Å². The summed E-state index contributed by atoms with van der Waals surface area (Å²) in [6, 6.07) is 16.5. The summed E-state index contributed by atoms with van der Waals surface area (Å²) in [5, 5.41) is 2.19. The van der Waals surface area contributed by atoms with E-state index >= 15 is 0 Å². The molecule has 0 bridgehead atoms. The lowest BCUT2D eigenvalue weighted by Crippen LogP contribution is -2.15. The minimum absolute atomic E-state index is 0.280. The quantitative estimate of drug-likeness (QED) is 0.688. The molecular formula is C18H15BrFN. The zero-order valence-corrected chi connectivity index (χ0v) is 13.2. The number of hydrogen-bond acceptors (Lipinski definition) is 1. The van der Waals surface area contributed by atoms with E-state index in [9.17, 15) is 4.39 Å². The first-order valence-electron chi connectivity index (χ1n) is 6.76. The summed E-state index contributed by atoms with van der Waals surface area (Å²) >= 11 is 3.38. The summed E-state index contributed by atoms with van der Waals surface area (Å²) in [6.45, 7) is 2.01. The molecule has 3 aromatic rings. The normalized spacial score (nSPS) is 12.6. The van der Waals surface area contributed by atoms with Crippen molar-refractivity contribution in [2.75, 3.05) is 0 Å². The number of nitrogens with two attached hydrogens (primary N) is 1. The molecule has 0 aliphatic rings. The van der Waals surface area contributed by atoms with Crippen LogP contribution >= 0.6 is 15.9 Å². The van der Waals surface area contributed by atoms with Crippen LogP contribution in [0.25, 0.3) is 10.8 Å². The standard InChI is InChI=1S/C18H15BrFN/c1-11-6-7-12-4-2-3-5-14(12)17(11)18(21)15-10-13(19)8-9-16(15)20/h2-10,18H,21H2,1H3. The van der Waals surface area contributed by atoms with E-state index in [1.165, 1.54) is 6.07 Å². The Labute approximate surface area is 131 Å². The van der Waals surface area contributed by atoms with Gasteiger partial charge in [0.2, 0.25) is 0 Å². The molecule has 0 saturated heterocycles. The van der Waals surface area contributed by atoms with Crippen molar-refractivity contribution in [1.29, 1.82) is 0 Å². The van der Waals surface area contributed by atoms with Gasteiger partial charge in [-0.1, -0.05) is 52.3 Å². The molecule has 0 aromatic heterocycles. The molecule has 3 heteroatoms. The van der Waals surface area contributed by atoms with Gasteiger partial charge in [-0.2, -0.15) is 0 Å². The van der Waals surface area contributed by atoms with E-state index < -0.39 is 6.04 Å². The highest BCUT2D eigenvalue weighted by molar-refractivity contribution is 9.10. The lowest BCUT2D eigenvalue weighted by Gasteiger charge is -2.19. The molecule has 0 saturated carbocycles. The fourth-order valence-corrected chi connectivity index (χ4v) is 3.10. The summed E-state index contributed by atoms with van der Waals surface area (Å²) in [4.78, 5) is 0. The van der Waals surface area contributed by atoms with Crippen molar-refractivity contribution < 1.29 is 4.39 Å². The van der Waals surface area contributed by atoms with Gasteiger partial charge in [0.1, 0.15) is 5.82 Å². The Morgan fingerprint density at radius 2 is 1.81 bits per heavy atom. The van der Waals surface area contributed by atoms with Gasteiger partial charge in [-0.25, -0.2) is 4.39 Å². The minimum atomic E-state index is -0.492. The van der Waals surface area contributed by atoms with Crippen molar-refractivity contribution in [1.82, 2.24) is 0 Å². The average Bonchev–Trinajstić information content (AvgIpc) is 2.49. The monoisotopic (exact) mass is 343 g/mol. The molecule has 3 aromatic carbocycles. The van der Waals surface area contributed by atoms with Crippen molar-refractivity contribution in [3.05, 3.63) is 81.6 Å². The highest BCUT2D eigenvalue weighted by atomic mass is 79.9. The van der Waals surface area contributed by atoms with Gasteiger partial charge in [0.05, 0.1) is 6.04 Å². The molecule has 1 unspecified atom stereocenters. The third kappa shape index (κ3) is 2.59. The van der Waals surface area contributed by atoms with Crippen LogP contribution in [0, 0.1) is 12.7 Å². The van der Waals surface area contributed by atoms with Gasteiger partial charge in [-0.15, -0.1) is 0 Å². The third-order valence-electron chi connectivity index (χ3n) is 3.79. The first-order valence-corrected chi connectivity index (χ1v) is 7.56. The molecule has 0 aliphatic carbocycles.